The first-order chi connectivity index (χ1) is 13.8. The number of carboxylic acid groups (broad SMARTS) is 1. The summed E-state index contributed by atoms with van der Waals surface area (Å²) in [6.07, 6.45) is -11.4. The van der Waals surface area contributed by atoms with E-state index in [1.54, 1.807) is 22.6 Å². The summed E-state index contributed by atoms with van der Waals surface area (Å²) in [4.78, 5) is 22.7. The highest BCUT2D eigenvalue weighted by molar-refractivity contribution is 14.1. The third kappa shape index (κ3) is 6.76. The Labute approximate surface area is 198 Å². The Hall–Kier alpha value is 0.0300. The van der Waals surface area contributed by atoms with E-state index >= 15 is 0 Å². The molecule has 17 heteroatoms. The molecule has 2 heterocycles. The van der Waals surface area contributed by atoms with Crippen LogP contribution < -0.4 is 10.4 Å². The second-order valence-corrected chi connectivity index (χ2v) is 9.37. The van der Waals surface area contributed by atoms with Crippen LogP contribution in [0.4, 0.5) is 0 Å². The van der Waals surface area contributed by atoms with Crippen LogP contribution in [0.1, 0.15) is 13.3 Å². The van der Waals surface area contributed by atoms with Gasteiger partial charge in [-0.3, -0.25) is 12.4 Å². The molecule has 2 rings (SSSR count). The second-order valence-electron chi connectivity index (χ2n) is 6.37. The molecular weight excluding hydrogens is 664 g/mol. The Morgan fingerprint density at radius 1 is 1.17 bits per heavy atom. The van der Waals surface area contributed by atoms with E-state index < -0.39 is 75.5 Å². The molecule has 0 aromatic carbocycles. The molecule has 9 atom stereocenters. The van der Waals surface area contributed by atoms with Crippen molar-refractivity contribution in [1.29, 1.82) is 0 Å². The molecule has 0 radical (unpaired) electrons. The van der Waals surface area contributed by atoms with Crippen molar-refractivity contribution in [2.45, 2.75) is 66.6 Å². The first kappa shape index (κ1) is 26.3. The molecule has 0 aromatic heterocycles. The van der Waals surface area contributed by atoms with E-state index in [9.17, 15) is 33.3 Å². The van der Waals surface area contributed by atoms with Gasteiger partial charge in [-0.15, -0.1) is 0 Å². The average molecular weight is 682 g/mol. The molecule has 14 nitrogen and oxygen atoms in total. The number of rotatable bonds is 7. The quantitative estimate of drug-likeness (QED) is 0.121. The minimum Gasteiger partial charge on any atom is -0.547 e. The number of hydrogen-bond donors (Lipinski definition) is 4. The molecule has 2 fully saturated rings. The van der Waals surface area contributed by atoms with Crippen LogP contribution in [0.5, 0.6) is 0 Å². The van der Waals surface area contributed by atoms with Gasteiger partial charge < -0.3 is 39.6 Å². The number of nitrogens with one attached hydrogen (secondary N) is 1. The lowest BCUT2D eigenvalue weighted by atomic mass is 10.0. The molecule has 0 saturated carbocycles. The third-order valence-corrected chi connectivity index (χ3v) is 6.47. The fourth-order valence-electron chi connectivity index (χ4n) is 2.88. The number of alkyl halides is 1. The number of ether oxygens (including phenoxy) is 3. The zero-order chi connectivity index (χ0) is 22.8. The van der Waals surface area contributed by atoms with E-state index in [2.05, 4.69) is 9.50 Å². The predicted molar refractivity (Wildman–Crippen MR) is 107 cm³/mol. The van der Waals surface area contributed by atoms with E-state index in [0.717, 1.165) is 0 Å². The van der Waals surface area contributed by atoms with Crippen molar-refractivity contribution in [2.75, 3.05) is 0 Å². The van der Waals surface area contributed by atoms with Crippen molar-refractivity contribution in [3.05, 3.63) is 0 Å². The summed E-state index contributed by atoms with van der Waals surface area (Å²) in [5, 5.41) is 34.0. The van der Waals surface area contributed by atoms with E-state index in [4.69, 9.17) is 21.8 Å². The summed E-state index contributed by atoms with van der Waals surface area (Å²) in [6.45, 7) is 1.20. The second kappa shape index (κ2) is 10.8. The fourth-order valence-corrected chi connectivity index (χ4v) is 4.65. The molecule has 2 aliphatic rings. The van der Waals surface area contributed by atoms with Crippen molar-refractivity contribution < 1.29 is 59.3 Å². The largest absolute Gasteiger partial charge is 0.547 e. The monoisotopic (exact) mass is 682 g/mol. The molecule has 0 spiro atoms. The molecule has 174 valence electrons. The van der Waals surface area contributed by atoms with Crippen molar-refractivity contribution in [3.8, 4) is 0 Å². The van der Waals surface area contributed by atoms with Crippen molar-refractivity contribution >= 4 is 67.9 Å². The summed E-state index contributed by atoms with van der Waals surface area (Å²) in [6, 6.07) is -0.884. The predicted octanol–water partition coefficient (Wildman–Crippen LogP) is -2.86. The molecule has 30 heavy (non-hydrogen) atoms. The molecule has 2 aliphatic heterocycles. The first-order valence-corrected chi connectivity index (χ1v) is 11.7. The Balaban J connectivity index is 2.26. The summed E-state index contributed by atoms with van der Waals surface area (Å²) >= 11 is 3.01. The lowest BCUT2D eigenvalue weighted by Crippen LogP contribution is -2.63. The Bertz CT molecular complexity index is 739. The lowest BCUT2D eigenvalue weighted by Gasteiger charge is -2.44. The Morgan fingerprint density at radius 3 is 2.30 bits per heavy atom. The zero-order valence-electron chi connectivity index (χ0n) is 15.0. The number of carbonyl (C=O) groups is 2. The van der Waals surface area contributed by atoms with Gasteiger partial charge in [0.1, 0.15) is 41.3 Å². The summed E-state index contributed by atoms with van der Waals surface area (Å²) < 4.78 is 55.6. The molecule has 2 saturated heterocycles. The average Bonchev–Trinajstić information content (AvgIpc) is 2.62. The van der Waals surface area contributed by atoms with Gasteiger partial charge in [-0.1, -0.05) is 22.6 Å². The van der Waals surface area contributed by atoms with Gasteiger partial charge in [-0.25, -0.2) is 4.18 Å². The van der Waals surface area contributed by atoms with Gasteiger partial charge >= 0.3 is 10.4 Å². The van der Waals surface area contributed by atoms with Crippen LogP contribution in [0, 0.1) is 0 Å². The zero-order valence-corrected chi connectivity index (χ0v) is 20.1. The van der Waals surface area contributed by atoms with E-state index in [1.165, 1.54) is 29.9 Å². The SMILES string of the molecule is CC(=O)NC1CC(OC2OC(C(=O)[O-])C(I)C(O)C2O)C(OS(=O)(=O)O)OC1OI. The summed E-state index contributed by atoms with van der Waals surface area (Å²) in [5.74, 6) is -2.15. The standard InChI is InChI=1S/C13H19I2NO13S/c1-3(17)16-4-2-5(12(27-11(4)28-15)29-30(22,23)24)25-13-8(19)7(18)6(14)9(26-13)10(20)21/h4-9,11-13,18-19H,2H2,1H3,(H,16,17)(H,20,21)(H,22,23,24)/p-1. The van der Waals surface area contributed by atoms with Gasteiger partial charge in [-0.2, -0.15) is 8.42 Å². The minimum absolute atomic E-state index is 0.222. The number of hydrogen-bond acceptors (Lipinski definition) is 12. The number of aliphatic hydroxyl groups excluding tert-OH is 2. The smallest absolute Gasteiger partial charge is 0.399 e. The highest BCUT2D eigenvalue weighted by Gasteiger charge is 2.49. The molecule has 0 bridgehead atoms. The van der Waals surface area contributed by atoms with Crippen LogP contribution in [0.15, 0.2) is 0 Å². The first-order valence-electron chi connectivity index (χ1n) is 8.21. The van der Waals surface area contributed by atoms with Crippen LogP contribution in [0.3, 0.4) is 0 Å². The van der Waals surface area contributed by atoms with Gasteiger partial charge in [0.15, 0.2) is 12.6 Å². The fraction of sp³-hybridized carbons (Fsp3) is 0.846. The molecule has 0 aromatic rings. The maximum atomic E-state index is 11.4. The van der Waals surface area contributed by atoms with Crippen LogP contribution in [0.2, 0.25) is 0 Å². The highest BCUT2D eigenvalue weighted by Crippen LogP contribution is 2.32. The number of halogens is 2. The number of carbonyl (C=O) groups excluding carboxylic acids is 2. The van der Waals surface area contributed by atoms with Crippen molar-refractivity contribution in [3.63, 3.8) is 0 Å². The van der Waals surface area contributed by atoms with Crippen LogP contribution >= 0.6 is 45.6 Å². The molecule has 9 unspecified atom stereocenters. The van der Waals surface area contributed by atoms with Crippen molar-refractivity contribution in [2.24, 2.45) is 0 Å². The Kier molecular flexibility index (Phi) is 9.43. The van der Waals surface area contributed by atoms with Crippen LogP contribution in [-0.4, -0.2) is 88.3 Å². The number of carboxylic acids is 1. The molecular formula is C13H18I2NO13S-. The van der Waals surface area contributed by atoms with E-state index in [0.29, 0.717) is 0 Å². The molecule has 0 aliphatic carbocycles. The number of amides is 1. The highest BCUT2D eigenvalue weighted by atomic mass is 127. The van der Waals surface area contributed by atoms with Gasteiger partial charge in [0, 0.05) is 13.3 Å². The molecule has 1 amide bonds. The van der Waals surface area contributed by atoms with Crippen LogP contribution in [-0.2, 0) is 41.4 Å². The Morgan fingerprint density at radius 2 is 1.80 bits per heavy atom. The minimum atomic E-state index is -5.04. The maximum absolute atomic E-state index is 11.4. The van der Waals surface area contributed by atoms with E-state index in [1.807, 2.05) is 0 Å². The van der Waals surface area contributed by atoms with Gasteiger partial charge in [0.25, 0.3) is 0 Å². The maximum Gasteiger partial charge on any atom is 0.399 e. The van der Waals surface area contributed by atoms with E-state index in [-0.39, 0.29) is 6.42 Å². The van der Waals surface area contributed by atoms with Gasteiger partial charge in [-0.05, 0) is 0 Å². The van der Waals surface area contributed by atoms with Gasteiger partial charge in [0.05, 0.1) is 22.0 Å². The molecule has 4 N–H and O–H groups in total. The third-order valence-electron chi connectivity index (χ3n) is 4.15. The van der Waals surface area contributed by atoms with Gasteiger partial charge in [0.2, 0.25) is 12.2 Å². The summed E-state index contributed by atoms with van der Waals surface area (Å²) in [7, 11) is -5.04. The van der Waals surface area contributed by atoms with Crippen molar-refractivity contribution in [1.82, 2.24) is 5.32 Å². The van der Waals surface area contributed by atoms with Crippen LogP contribution in [0.25, 0.3) is 0 Å². The number of aliphatic hydroxyl groups is 2. The summed E-state index contributed by atoms with van der Waals surface area (Å²) in [5.41, 5.74) is 0. The topological polar surface area (TPSA) is 210 Å². The normalized spacial score (nSPS) is 40.0. The number of aliphatic carboxylic acids is 1. The lowest BCUT2D eigenvalue weighted by molar-refractivity contribution is -0.350.